The molecule has 0 amide bonds. The quantitative estimate of drug-likeness (QED) is 0.769. The van der Waals surface area contributed by atoms with E-state index in [1.807, 2.05) is 0 Å². The molecule has 70 valence electrons. The molecule has 0 saturated heterocycles. The number of sulfone groups is 1. The Kier molecular flexibility index (Phi) is 2.04. The summed E-state index contributed by atoms with van der Waals surface area (Å²) in [6.07, 6.45) is 3.05. The molecule has 2 rings (SSSR count). The van der Waals surface area contributed by atoms with Gasteiger partial charge in [-0.05, 0) is 6.08 Å². The van der Waals surface area contributed by atoms with Crippen molar-refractivity contribution in [2.45, 2.75) is 6.04 Å². The highest BCUT2D eigenvalue weighted by molar-refractivity contribution is 7.94. The molecule has 0 bridgehead atoms. The van der Waals surface area contributed by atoms with Gasteiger partial charge in [-0.15, -0.1) is 0 Å². The van der Waals surface area contributed by atoms with E-state index in [2.05, 4.69) is 14.7 Å². The molecule has 0 fully saturated rings. The monoisotopic (exact) mass is 217 g/mol. The average Bonchev–Trinajstić information content (AvgIpc) is 2.61. The molecular weight excluding hydrogens is 210 g/mol. The smallest absolute Gasteiger partial charge is 0.202 e. The Bertz CT molecular complexity index is 409. The van der Waals surface area contributed by atoms with Crippen LogP contribution in [0.15, 0.2) is 17.8 Å². The summed E-state index contributed by atoms with van der Waals surface area (Å²) in [5.74, 6) is 0.104. The molecule has 0 saturated carbocycles. The Morgan fingerprint density at radius 2 is 2.46 bits per heavy atom. The molecule has 0 spiro atoms. The zero-order valence-electron chi connectivity index (χ0n) is 6.54. The molecule has 0 radical (unpaired) electrons. The zero-order valence-corrected chi connectivity index (χ0v) is 8.18. The highest BCUT2D eigenvalue weighted by Gasteiger charge is 2.21. The maximum atomic E-state index is 11.0. The van der Waals surface area contributed by atoms with Crippen LogP contribution >= 0.6 is 11.5 Å². The minimum atomic E-state index is -2.99. The summed E-state index contributed by atoms with van der Waals surface area (Å²) in [5, 5.41) is 4.83. The van der Waals surface area contributed by atoms with Crippen LogP contribution < -0.4 is 5.32 Å². The molecule has 5 nitrogen and oxygen atoms in total. The van der Waals surface area contributed by atoms with Crippen LogP contribution in [0.25, 0.3) is 0 Å². The van der Waals surface area contributed by atoms with Crippen molar-refractivity contribution in [3.8, 4) is 0 Å². The van der Waals surface area contributed by atoms with E-state index >= 15 is 0 Å². The molecular formula is C6H7N3O2S2. The lowest BCUT2D eigenvalue weighted by molar-refractivity contribution is 0.605. The number of nitrogens with zero attached hydrogens (tertiary/aromatic N) is 2. The molecule has 1 aliphatic rings. The molecule has 13 heavy (non-hydrogen) atoms. The molecule has 1 unspecified atom stereocenters. The molecule has 1 N–H and O–H groups in total. The fourth-order valence-electron chi connectivity index (χ4n) is 1.06. The van der Waals surface area contributed by atoms with Gasteiger partial charge in [0.2, 0.25) is 5.13 Å². The Morgan fingerprint density at radius 1 is 1.62 bits per heavy atom. The van der Waals surface area contributed by atoms with Crippen LogP contribution in [-0.2, 0) is 9.84 Å². The van der Waals surface area contributed by atoms with Crippen LogP contribution in [0.1, 0.15) is 0 Å². The topological polar surface area (TPSA) is 72.0 Å². The lowest BCUT2D eigenvalue weighted by atomic mass is 10.3. The van der Waals surface area contributed by atoms with Gasteiger partial charge in [-0.1, -0.05) is 0 Å². The third-order valence-electron chi connectivity index (χ3n) is 1.60. The summed E-state index contributed by atoms with van der Waals surface area (Å²) in [6, 6.07) is -0.169. The Hall–Kier alpha value is -0.950. The fraction of sp³-hybridized carbons (Fsp3) is 0.333. The first-order valence-corrected chi connectivity index (χ1v) is 6.09. The lowest BCUT2D eigenvalue weighted by Gasteiger charge is -2.06. The first-order chi connectivity index (χ1) is 6.16. The van der Waals surface area contributed by atoms with Crippen molar-refractivity contribution < 1.29 is 8.42 Å². The largest absolute Gasteiger partial charge is 0.353 e. The Morgan fingerprint density at radius 3 is 3.00 bits per heavy atom. The molecule has 1 atom stereocenters. The van der Waals surface area contributed by atoms with E-state index < -0.39 is 9.84 Å². The van der Waals surface area contributed by atoms with Crippen LogP contribution in [0.3, 0.4) is 0 Å². The number of rotatable bonds is 2. The van der Waals surface area contributed by atoms with Crippen molar-refractivity contribution >= 4 is 26.5 Å². The molecule has 2 heterocycles. The summed E-state index contributed by atoms with van der Waals surface area (Å²) in [7, 11) is -2.99. The third kappa shape index (κ3) is 2.04. The number of anilines is 1. The highest BCUT2D eigenvalue weighted by Crippen LogP contribution is 2.15. The van der Waals surface area contributed by atoms with Crippen molar-refractivity contribution in [1.29, 1.82) is 0 Å². The normalized spacial score (nSPS) is 24.8. The van der Waals surface area contributed by atoms with Crippen molar-refractivity contribution in [1.82, 2.24) is 9.36 Å². The van der Waals surface area contributed by atoms with Crippen LogP contribution in [-0.4, -0.2) is 29.6 Å². The van der Waals surface area contributed by atoms with Gasteiger partial charge >= 0.3 is 0 Å². The zero-order chi connectivity index (χ0) is 9.31. The second-order valence-electron chi connectivity index (χ2n) is 2.66. The number of nitrogens with one attached hydrogen (secondary N) is 1. The van der Waals surface area contributed by atoms with Crippen LogP contribution in [0.2, 0.25) is 0 Å². The molecule has 7 heteroatoms. The second kappa shape index (κ2) is 3.08. The molecule has 1 aliphatic heterocycles. The molecule has 1 aromatic rings. The van der Waals surface area contributed by atoms with Gasteiger partial charge in [0, 0.05) is 16.9 Å². The molecule has 1 aromatic heterocycles. The van der Waals surface area contributed by atoms with E-state index in [4.69, 9.17) is 0 Å². The van der Waals surface area contributed by atoms with E-state index in [0.29, 0.717) is 5.13 Å². The first-order valence-electron chi connectivity index (χ1n) is 3.60. The standard InChI is InChI=1S/C6H7N3O2S2/c10-13(11)2-1-5(3-13)9-6-7-4-8-12-6/h1-2,4-5H,3H2,(H,7,8,9). The summed E-state index contributed by atoms with van der Waals surface area (Å²) in [5.41, 5.74) is 0. The minimum absolute atomic E-state index is 0.104. The summed E-state index contributed by atoms with van der Waals surface area (Å²) < 4.78 is 25.8. The van der Waals surface area contributed by atoms with Gasteiger partial charge in [0.25, 0.3) is 0 Å². The van der Waals surface area contributed by atoms with Gasteiger partial charge in [-0.2, -0.15) is 4.37 Å². The van der Waals surface area contributed by atoms with Gasteiger partial charge in [0.15, 0.2) is 9.84 Å². The van der Waals surface area contributed by atoms with E-state index in [1.165, 1.54) is 23.3 Å². The van der Waals surface area contributed by atoms with Crippen LogP contribution in [0.4, 0.5) is 5.13 Å². The second-order valence-corrected chi connectivity index (χ2v) is 5.37. The van der Waals surface area contributed by atoms with E-state index in [0.717, 1.165) is 0 Å². The molecule has 0 aromatic carbocycles. The first kappa shape index (κ1) is 8.64. The molecule has 0 aliphatic carbocycles. The number of hydrogen-bond donors (Lipinski definition) is 1. The van der Waals surface area contributed by atoms with Gasteiger partial charge in [-0.25, -0.2) is 13.4 Å². The van der Waals surface area contributed by atoms with Crippen LogP contribution in [0, 0.1) is 0 Å². The van der Waals surface area contributed by atoms with Crippen LogP contribution in [0.5, 0.6) is 0 Å². The predicted molar refractivity (Wildman–Crippen MR) is 50.2 cm³/mol. The third-order valence-corrected chi connectivity index (χ3v) is 3.59. The Labute approximate surface area is 79.6 Å². The van der Waals surface area contributed by atoms with Crippen molar-refractivity contribution in [3.05, 3.63) is 17.8 Å². The van der Waals surface area contributed by atoms with Gasteiger partial charge < -0.3 is 5.32 Å². The van der Waals surface area contributed by atoms with E-state index in [-0.39, 0.29) is 11.8 Å². The van der Waals surface area contributed by atoms with Gasteiger partial charge in [0.1, 0.15) is 6.33 Å². The summed E-state index contributed by atoms with van der Waals surface area (Å²) in [6.45, 7) is 0. The minimum Gasteiger partial charge on any atom is -0.353 e. The van der Waals surface area contributed by atoms with Crippen molar-refractivity contribution in [2.75, 3.05) is 11.1 Å². The van der Waals surface area contributed by atoms with Crippen molar-refractivity contribution in [2.24, 2.45) is 0 Å². The highest BCUT2D eigenvalue weighted by atomic mass is 32.2. The van der Waals surface area contributed by atoms with E-state index in [9.17, 15) is 8.42 Å². The maximum Gasteiger partial charge on any atom is 0.202 e. The lowest BCUT2D eigenvalue weighted by Crippen LogP contribution is -2.20. The fourth-order valence-corrected chi connectivity index (χ4v) is 2.79. The summed E-state index contributed by atoms with van der Waals surface area (Å²) >= 11 is 1.21. The summed E-state index contributed by atoms with van der Waals surface area (Å²) in [4.78, 5) is 3.90. The Balaban J connectivity index is 2.04. The van der Waals surface area contributed by atoms with E-state index in [1.54, 1.807) is 6.08 Å². The number of aromatic nitrogens is 2. The van der Waals surface area contributed by atoms with Gasteiger partial charge in [0.05, 0.1) is 11.8 Å². The average molecular weight is 217 g/mol. The SMILES string of the molecule is O=S1(=O)C=CC(Nc2ncns2)C1. The number of hydrogen-bond acceptors (Lipinski definition) is 6. The van der Waals surface area contributed by atoms with Crippen molar-refractivity contribution in [3.63, 3.8) is 0 Å². The predicted octanol–water partition coefficient (Wildman–Crippen LogP) is 0.261. The maximum absolute atomic E-state index is 11.0. The van der Waals surface area contributed by atoms with Gasteiger partial charge in [-0.3, -0.25) is 0 Å².